The molecule has 1 unspecified atom stereocenters. The van der Waals surface area contributed by atoms with Gasteiger partial charge in [-0.3, -0.25) is 9.48 Å². The highest BCUT2D eigenvalue weighted by Gasteiger charge is 2.34. The third-order valence-corrected chi connectivity index (χ3v) is 6.95. The Hall–Kier alpha value is -4.59. The largest absolute Gasteiger partial charge is 0.481 e. The molecule has 4 aromatic carbocycles. The van der Waals surface area contributed by atoms with E-state index in [0.29, 0.717) is 24.0 Å². The third kappa shape index (κ3) is 5.86. The topological polar surface area (TPSA) is 67.2 Å². The summed E-state index contributed by atoms with van der Waals surface area (Å²) in [7, 11) is 0. The monoisotopic (exact) mass is 543 g/mol. The van der Waals surface area contributed by atoms with Gasteiger partial charge in [0.15, 0.2) is 0 Å². The summed E-state index contributed by atoms with van der Waals surface area (Å²) in [4.78, 5) is 11.3. The molecule has 0 saturated heterocycles. The number of carbonyl (C=O) groups is 1. The average Bonchev–Trinajstić information content (AvgIpc) is 3.29. The zero-order chi connectivity index (χ0) is 28.3. The van der Waals surface area contributed by atoms with E-state index in [2.05, 4.69) is 10.4 Å². The van der Waals surface area contributed by atoms with Gasteiger partial charge in [-0.15, -0.1) is 0 Å². The van der Waals surface area contributed by atoms with Gasteiger partial charge in [0.25, 0.3) is 0 Å². The second kappa shape index (κ2) is 11.3. The molecule has 1 atom stereocenters. The van der Waals surface area contributed by atoms with Crippen LogP contribution in [0.15, 0.2) is 97.1 Å². The van der Waals surface area contributed by atoms with Gasteiger partial charge in [-0.25, -0.2) is 0 Å². The molecule has 1 heterocycles. The number of nitrogens with zero attached hydrogens (tertiary/aromatic N) is 2. The molecule has 0 saturated carbocycles. The number of hydrogen-bond acceptors (Lipinski definition) is 3. The maximum absolute atomic E-state index is 13.9. The minimum Gasteiger partial charge on any atom is -0.481 e. The van der Waals surface area contributed by atoms with E-state index in [1.165, 1.54) is 6.07 Å². The van der Waals surface area contributed by atoms with Crippen molar-refractivity contribution in [3.8, 4) is 11.3 Å². The van der Waals surface area contributed by atoms with Gasteiger partial charge in [-0.1, -0.05) is 73.7 Å². The van der Waals surface area contributed by atoms with Crippen LogP contribution in [0.3, 0.4) is 0 Å². The molecule has 5 nitrogen and oxygen atoms in total. The second-order valence-electron chi connectivity index (χ2n) is 9.73. The normalized spacial score (nSPS) is 12.4. The highest BCUT2D eigenvalue weighted by atomic mass is 19.4. The smallest absolute Gasteiger partial charge is 0.418 e. The fraction of sp³-hybridized carbons (Fsp3) is 0.188. The fourth-order valence-electron chi connectivity index (χ4n) is 5.05. The van der Waals surface area contributed by atoms with Crippen LogP contribution in [0.25, 0.3) is 22.2 Å². The number of carboxylic acids is 1. The molecule has 0 amide bonds. The molecule has 204 valence electrons. The van der Waals surface area contributed by atoms with E-state index in [1.54, 1.807) is 10.7 Å². The van der Waals surface area contributed by atoms with Crippen molar-refractivity contribution in [1.29, 1.82) is 0 Å². The average molecular weight is 544 g/mol. The molecule has 5 rings (SSSR count). The summed E-state index contributed by atoms with van der Waals surface area (Å²) in [5.74, 6) is -0.946. The molecular formula is C32H28F3N3O2. The van der Waals surface area contributed by atoms with Crippen molar-refractivity contribution in [2.75, 3.05) is 5.32 Å². The molecule has 0 aliphatic carbocycles. The zero-order valence-electron chi connectivity index (χ0n) is 21.8. The van der Waals surface area contributed by atoms with Crippen LogP contribution in [0.2, 0.25) is 0 Å². The number of fused-ring (bicyclic) bond motifs is 1. The first-order valence-electron chi connectivity index (χ1n) is 13.0. The summed E-state index contributed by atoms with van der Waals surface area (Å²) >= 11 is 0. The van der Waals surface area contributed by atoms with Gasteiger partial charge >= 0.3 is 12.1 Å². The number of aromatic nitrogens is 2. The van der Waals surface area contributed by atoms with Crippen molar-refractivity contribution >= 4 is 28.2 Å². The minimum atomic E-state index is -4.53. The Balaban J connectivity index is 1.55. The third-order valence-electron chi connectivity index (χ3n) is 6.95. The van der Waals surface area contributed by atoms with Crippen LogP contribution < -0.4 is 5.32 Å². The summed E-state index contributed by atoms with van der Waals surface area (Å²) in [5, 5.41) is 17.5. The number of nitrogens with one attached hydrogen (secondary N) is 1. The molecule has 0 spiro atoms. The van der Waals surface area contributed by atoms with Crippen LogP contribution in [-0.2, 0) is 17.5 Å². The summed E-state index contributed by atoms with van der Waals surface area (Å²) in [6, 6.07) is 28.8. The van der Waals surface area contributed by atoms with Gasteiger partial charge in [-0.05, 0) is 53.8 Å². The van der Waals surface area contributed by atoms with Crippen LogP contribution in [0.1, 0.15) is 42.4 Å². The molecule has 1 aromatic heterocycles. The van der Waals surface area contributed by atoms with Gasteiger partial charge in [0, 0.05) is 22.3 Å². The number of anilines is 2. The van der Waals surface area contributed by atoms with Crippen molar-refractivity contribution in [3.63, 3.8) is 0 Å². The van der Waals surface area contributed by atoms with Gasteiger partial charge in [-0.2, -0.15) is 18.3 Å². The highest BCUT2D eigenvalue weighted by Crippen LogP contribution is 2.39. The van der Waals surface area contributed by atoms with Gasteiger partial charge in [0.2, 0.25) is 0 Å². The van der Waals surface area contributed by atoms with Gasteiger partial charge in [0.05, 0.1) is 24.2 Å². The molecule has 0 radical (unpaired) electrons. The lowest BCUT2D eigenvalue weighted by atomic mass is 9.93. The van der Waals surface area contributed by atoms with E-state index >= 15 is 0 Å². The van der Waals surface area contributed by atoms with Crippen LogP contribution in [-0.4, -0.2) is 20.9 Å². The van der Waals surface area contributed by atoms with E-state index in [4.69, 9.17) is 0 Å². The molecule has 0 bridgehead atoms. The first-order valence-corrected chi connectivity index (χ1v) is 13.0. The van der Waals surface area contributed by atoms with Crippen molar-refractivity contribution in [3.05, 3.63) is 114 Å². The van der Waals surface area contributed by atoms with Gasteiger partial charge < -0.3 is 10.4 Å². The molecule has 40 heavy (non-hydrogen) atoms. The van der Waals surface area contributed by atoms with E-state index in [1.807, 2.05) is 85.8 Å². The molecule has 0 aliphatic rings. The van der Waals surface area contributed by atoms with E-state index in [-0.39, 0.29) is 17.9 Å². The lowest BCUT2D eigenvalue weighted by molar-refractivity contribution is -0.138. The number of benzene rings is 4. The number of halogens is 3. The maximum atomic E-state index is 13.9. The zero-order valence-corrected chi connectivity index (χ0v) is 21.8. The molecular weight excluding hydrogens is 515 g/mol. The van der Waals surface area contributed by atoms with Crippen LogP contribution in [0, 0.1) is 0 Å². The van der Waals surface area contributed by atoms with Crippen LogP contribution in [0.4, 0.5) is 24.5 Å². The Bertz CT molecular complexity index is 1640. The van der Waals surface area contributed by atoms with Crippen molar-refractivity contribution in [2.45, 2.75) is 38.4 Å². The summed E-state index contributed by atoms with van der Waals surface area (Å²) < 4.78 is 43.3. The first kappa shape index (κ1) is 27.0. The summed E-state index contributed by atoms with van der Waals surface area (Å²) in [5.41, 5.74) is 3.84. The molecule has 8 heteroatoms. The Morgan fingerprint density at radius 1 is 0.925 bits per heavy atom. The van der Waals surface area contributed by atoms with Crippen LogP contribution in [0.5, 0.6) is 0 Å². The lowest BCUT2D eigenvalue weighted by Gasteiger charge is -2.15. The Kier molecular flexibility index (Phi) is 7.60. The second-order valence-corrected chi connectivity index (χ2v) is 9.73. The molecule has 0 aliphatic heterocycles. The fourth-order valence-corrected chi connectivity index (χ4v) is 5.05. The molecule has 2 N–H and O–H groups in total. The first-order chi connectivity index (χ1) is 19.2. The predicted octanol–water partition coefficient (Wildman–Crippen LogP) is 8.48. The SMILES string of the molecule is CCC(CC(=O)O)c1cccc(Nc2cccc(-c3c4cccc(C(F)(F)F)c4nn3Cc3ccccc3)c2)c1. The highest BCUT2D eigenvalue weighted by molar-refractivity contribution is 5.96. The van der Waals surface area contributed by atoms with Crippen molar-refractivity contribution < 1.29 is 23.1 Å². The Morgan fingerprint density at radius 2 is 1.62 bits per heavy atom. The number of alkyl halides is 3. The van der Waals surface area contributed by atoms with Crippen molar-refractivity contribution in [1.82, 2.24) is 9.78 Å². The van der Waals surface area contributed by atoms with E-state index in [0.717, 1.165) is 34.1 Å². The summed E-state index contributed by atoms with van der Waals surface area (Å²) in [6.45, 7) is 2.27. The minimum absolute atomic E-state index is 0.0494. The number of rotatable bonds is 9. The molecule has 0 fully saturated rings. The Morgan fingerprint density at radius 3 is 2.33 bits per heavy atom. The lowest BCUT2D eigenvalue weighted by Crippen LogP contribution is -2.06. The quantitative estimate of drug-likeness (QED) is 0.196. The van der Waals surface area contributed by atoms with E-state index in [9.17, 15) is 23.1 Å². The van der Waals surface area contributed by atoms with E-state index < -0.39 is 17.7 Å². The Labute approximate surface area is 229 Å². The number of aliphatic carboxylic acids is 1. The number of hydrogen-bond donors (Lipinski definition) is 2. The standard InChI is InChI=1S/C32H28F3N3O2/c1-2-22(19-29(39)40)23-11-6-13-25(17-23)36-26-14-7-12-24(18-26)31-27-15-8-16-28(32(33,34)35)30(27)37-38(31)20-21-9-4-3-5-10-21/h3-18,22,36H,2,19-20H2,1H3,(H,39,40). The van der Waals surface area contributed by atoms with Gasteiger partial charge in [0.1, 0.15) is 5.52 Å². The number of carboxylic acid groups (broad SMARTS) is 1. The van der Waals surface area contributed by atoms with Crippen LogP contribution >= 0.6 is 0 Å². The summed E-state index contributed by atoms with van der Waals surface area (Å²) in [6.07, 6.45) is -3.79. The molecule has 5 aromatic rings. The maximum Gasteiger partial charge on any atom is 0.418 e. The van der Waals surface area contributed by atoms with Crippen molar-refractivity contribution in [2.24, 2.45) is 0 Å². The predicted molar refractivity (Wildman–Crippen MR) is 151 cm³/mol.